The molecule has 5 nitrogen and oxygen atoms in total. The molecule has 1 aliphatic rings. The predicted octanol–water partition coefficient (Wildman–Crippen LogP) is 0.0925. The molecule has 1 atom stereocenters. The van der Waals surface area contributed by atoms with Gasteiger partial charge in [0.2, 0.25) is 5.91 Å². The number of nitrogens with two attached hydrogens (primary N) is 1. The van der Waals surface area contributed by atoms with Crippen molar-refractivity contribution < 1.29 is 4.79 Å². The number of piperazine rings is 1. The normalized spacial score (nSPS) is 18.4. The fraction of sp³-hybridized carbons (Fsp3) is 0.562. The molecule has 1 amide bonds. The lowest BCUT2D eigenvalue weighted by molar-refractivity contribution is -0.122. The van der Waals surface area contributed by atoms with Crippen molar-refractivity contribution in [1.29, 1.82) is 0 Å². The Morgan fingerprint density at radius 3 is 2.52 bits per heavy atom. The molecule has 1 saturated heterocycles. The van der Waals surface area contributed by atoms with Gasteiger partial charge in [-0.2, -0.15) is 0 Å². The van der Waals surface area contributed by atoms with Gasteiger partial charge in [0.25, 0.3) is 0 Å². The van der Waals surface area contributed by atoms with Crippen LogP contribution in [-0.4, -0.2) is 68.6 Å². The lowest BCUT2D eigenvalue weighted by Gasteiger charge is -2.32. The van der Waals surface area contributed by atoms with Crippen LogP contribution in [0, 0.1) is 0 Å². The third-order valence-electron chi connectivity index (χ3n) is 4.08. The molecular weight excluding hydrogens is 264 g/mol. The van der Waals surface area contributed by atoms with Crippen LogP contribution in [0.5, 0.6) is 0 Å². The van der Waals surface area contributed by atoms with E-state index in [-0.39, 0.29) is 11.8 Å². The van der Waals surface area contributed by atoms with Crippen LogP contribution >= 0.6 is 0 Å². The molecule has 1 fully saturated rings. The fourth-order valence-corrected chi connectivity index (χ4v) is 2.61. The van der Waals surface area contributed by atoms with Crippen LogP contribution in [0.1, 0.15) is 11.5 Å². The molecule has 3 N–H and O–H groups in total. The summed E-state index contributed by atoms with van der Waals surface area (Å²) in [5, 5.41) is 3.02. The van der Waals surface area contributed by atoms with E-state index in [4.69, 9.17) is 5.73 Å². The summed E-state index contributed by atoms with van der Waals surface area (Å²) in [5.74, 6) is -0.225. The first-order chi connectivity index (χ1) is 10.2. The highest BCUT2D eigenvalue weighted by Gasteiger charge is 2.19. The molecular formula is C16H26N4O. The highest BCUT2D eigenvalue weighted by molar-refractivity contribution is 5.83. The number of benzene rings is 1. The lowest BCUT2D eigenvalue weighted by atomic mass is 9.98. The van der Waals surface area contributed by atoms with E-state index in [1.54, 1.807) is 0 Å². The van der Waals surface area contributed by atoms with Crippen LogP contribution in [0.3, 0.4) is 0 Å². The maximum Gasteiger partial charge on any atom is 0.228 e. The molecule has 0 radical (unpaired) electrons. The van der Waals surface area contributed by atoms with Crippen LogP contribution < -0.4 is 11.1 Å². The van der Waals surface area contributed by atoms with Gasteiger partial charge in [0.05, 0.1) is 5.92 Å². The molecule has 0 spiro atoms. The summed E-state index contributed by atoms with van der Waals surface area (Å²) in [4.78, 5) is 17.0. The summed E-state index contributed by atoms with van der Waals surface area (Å²) in [5.41, 5.74) is 6.74. The molecule has 1 heterocycles. The number of likely N-dealkylation sites (N-methyl/N-ethyl adjacent to an activating group) is 1. The number of nitrogens with zero attached hydrogens (tertiary/aromatic N) is 2. The van der Waals surface area contributed by atoms with E-state index in [0.717, 1.165) is 38.3 Å². The number of nitrogens with one attached hydrogen (secondary N) is 1. The van der Waals surface area contributed by atoms with Gasteiger partial charge >= 0.3 is 0 Å². The Labute approximate surface area is 127 Å². The smallest absolute Gasteiger partial charge is 0.228 e. The van der Waals surface area contributed by atoms with Crippen molar-refractivity contribution in [3.8, 4) is 0 Å². The van der Waals surface area contributed by atoms with Gasteiger partial charge in [0.1, 0.15) is 0 Å². The largest absolute Gasteiger partial charge is 0.354 e. The highest BCUT2D eigenvalue weighted by atomic mass is 16.1. The minimum Gasteiger partial charge on any atom is -0.354 e. The molecule has 21 heavy (non-hydrogen) atoms. The fourth-order valence-electron chi connectivity index (χ4n) is 2.61. The van der Waals surface area contributed by atoms with Gasteiger partial charge in [-0.15, -0.1) is 0 Å². The van der Waals surface area contributed by atoms with Crippen LogP contribution in [0.2, 0.25) is 0 Å². The molecule has 0 aliphatic carbocycles. The van der Waals surface area contributed by atoms with E-state index in [9.17, 15) is 4.79 Å². The third-order valence-corrected chi connectivity index (χ3v) is 4.08. The average Bonchev–Trinajstić information content (AvgIpc) is 2.51. The van der Waals surface area contributed by atoms with Gasteiger partial charge < -0.3 is 16.0 Å². The van der Waals surface area contributed by atoms with Crippen molar-refractivity contribution in [1.82, 2.24) is 15.1 Å². The first kappa shape index (κ1) is 15.9. The molecule has 1 aromatic carbocycles. The monoisotopic (exact) mass is 290 g/mol. The van der Waals surface area contributed by atoms with Gasteiger partial charge in [0, 0.05) is 45.8 Å². The van der Waals surface area contributed by atoms with E-state index in [2.05, 4.69) is 22.2 Å². The van der Waals surface area contributed by atoms with E-state index >= 15 is 0 Å². The van der Waals surface area contributed by atoms with Gasteiger partial charge in [-0.3, -0.25) is 9.69 Å². The summed E-state index contributed by atoms with van der Waals surface area (Å²) < 4.78 is 0. The Hall–Kier alpha value is -1.43. The van der Waals surface area contributed by atoms with Crippen molar-refractivity contribution in [3.63, 3.8) is 0 Å². The Bertz CT molecular complexity index is 429. The van der Waals surface area contributed by atoms with E-state index in [0.29, 0.717) is 13.1 Å². The number of rotatable bonds is 6. The average molecular weight is 290 g/mol. The number of carbonyl (C=O) groups is 1. The number of amides is 1. The van der Waals surface area contributed by atoms with Crippen LogP contribution in [-0.2, 0) is 4.79 Å². The molecule has 5 heteroatoms. The molecule has 0 bridgehead atoms. The lowest BCUT2D eigenvalue weighted by Crippen LogP contribution is -2.47. The summed E-state index contributed by atoms with van der Waals surface area (Å²) in [7, 11) is 2.14. The van der Waals surface area contributed by atoms with Crippen molar-refractivity contribution in [2.45, 2.75) is 5.92 Å². The Balaban J connectivity index is 1.75. The zero-order chi connectivity index (χ0) is 15.1. The predicted molar refractivity (Wildman–Crippen MR) is 85.2 cm³/mol. The molecule has 116 valence electrons. The summed E-state index contributed by atoms with van der Waals surface area (Å²) in [6, 6.07) is 9.74. The van der Waals surface area contributed by atoms with Gasteiger partial charge in [-0.05, 0) is 12.6 Å². The topological polar surface area (TPSA) is 61.6 Å². The molecule has 1 unspecified atom stereocenters. The highest BCUT2D eigenvalue weighted by Crippen LogP contribution is 2.13. The zero-order valence-corrected chi connectivity index (χ0v) is 12.8. The van der Waals surface area contributed by atoms with Gasteiger partial charge in [0.15, 0.2) is 0 Å². The SMILES string of the molecule is CN1CCN(CCNC(=O)C(CN)c2ccccc2)CC1. The minimum atomic E-state index is -0.251. The quantitative estimate of drug-likeness (QED) is 0.780. The van der Waals surface area contributed by atoms with Crippen molar-refractivity contribution in [2.75, 3.05) is 52.9 Å². The molecule has 1 aromatic rings. The summed E-state index contributed by atoms with van der Waals surface area (Å²) in [6.07, 6.45) is 0. The Morgan fingerprint density at radius 2 is 1.90 bits per heavy atom. The first-order valence-corrected chi connectivity index (χ1v) is 7.64. The van der Waals surface area contributed by atoms with Gasteiger partial charge in [-0.25, -0.2) is 0 Å². The molecule has 0 aromatic heterocycles. The van der Waals surface area contributed by atoms with E-state index < -0.39 is 0 Å². The molecule has 0 saturated carbocycles. The summed E-state index contributed by atoms with van der Waals surface area (Å²) in [6.45, 7) is 6.28. The number of hydrogen-bond donors (Lipinski definition) is 2. The standard InChI is InChI=1S/C16H26N4O/c1-19-9-11-20(12-10-19)8-7-18-16(21)15(13-17)14-5-3-2-4-6-14/h2-6,15H,7-13,17H2,1H3,(H,18,21). The molecule has 1 aliphatic heterocycles. The second-order valence-corrected chi connectivity index (χ2v) is 5.63. The van der Waals surface area contributed by atoms with E-state index in [1.165, 1.54) is 0 Å². The van der Waals surface area contributed by atoms with Crippen molar-refractivity contribution >= 4 is 5.91 Å². The second kappa shape index (κ2) is 8.12. The Kier molecular flexibility index (Phi) is 6.17. The third kappa shape index (κ3) is 4.81. The number of hydrogen-bond acceptors (Lipinski definition) is 4. The van der Waals surface area contributed by atoms with Crippen LogP contribution in [0.25, 0.3) is 0 Å². The number of carbonyl (C=O) groups excluding carboxylic acids is 1. The van der Waals surface area contributed by atoms with Crippen molar-refractivity contribution in [2.24, 2.45) is 5.73 Å². The van der Waals surface area contributed by atoms with E-state index in [1.807, 2.05) is 30.3 Å². The second-order valence-electron chi connectivity index (χ2n) is 5.63. The maximum absolute atomic E-state index is 12.3. The van der Waals surface area contributed by atoms with Crippen LogP contribution in [0.4, 0.5) is 0 Å². The Morgan fingerprint density at radius 1 is 1.24 bits per heavy atom. The maximum atomic E-state index is 12.3. The minimum absolute atomic E-state index is 0.0258. The first-order valence-electron chi connectivity index (χ1n) is 7.64. The molecule has 2 rings (SSSR count). The van der Waals surface area contributed by atoms with Crippen molar-refractivity contribution in [3.05, 3.63) is 35.9 Å². The van der Waals surface area contributed by atoms with Gasteiger partial charge in [-0.1, -0.05) is 30.3 Å². The summed E-state index contributed by atoms with van der Waals surface area (Å²) >= 11 is 0. The zero-order valence-electron chi connectivity index (χ0n) is 12.8. The van der Waals surface area contributed by atoms with Crippen LogP contribution in [0.15, 0.2) is 30.3 Å².